The SMILES string of the molecule is CCCc1nn(C)c2c1NCCC(CCC)N2. The predicted octanol–water partition coefficient (Wildman–Crippen LogP) is 2.77. The molecule has 1 aromatic rings. The van der Waals surface area contributed by atoms with Gasteiger partial charge >= 0.3 is 0 Å². The molecule has 0 amide bonds. The summed E-state index contributed by atoms with van der Waals surface area (Å²) in [6.45, 7) is 5.49. The fourth-order valence-corrected chi connectivity index (χ4v) is 2.54. The second-order valence-electron chi connectivity index (χ2n) is 4.89. The van der Waals surface area contributed by atoms with Crippen LogP contribution < -0.4 is 10.6 Å². The first kappa shape index (κ1) is 12.3. The Morgan fingerprint density at radius 2 is 2.18 bits per heavy atom. The van der Waals surface area contributed by atoms with Gasteiger partial charge in [-0.25, -0.2) is 0 Å². The van der Waals surface area contributed by atoms with Crippen molar-refractivity contribution in [3.05, 3.63) is 5.69 Å². The molecule has 1 unspecified atom stereocenters. The molecule has 0 bridgehead atoms. The minimum atomic E-state index is 0.582. The third kappa shape index (κ3) is 2.56. The molecule has 17 heavy (non-hydrogen) atoms. The van der Waals surface area contributed by atoms with E-state index in [1.54, 1.807) is 0 Å². The Hall–Kier alpha value is -1.19. The zero-order valence-corrected chi connectivity index (χ0v) is 11.2. The monoisotopic (exact) mass is 236 g/mol. The first-order valence-electron chi connectivity index (χ1n) is 6.82. The molecule has 0 saturated carbocycles. The molecule has 4 heteroatoms. The normalized spacial score (nSPS) is 19.1. The molecule has 1 aliphatic heterocycles. The molecule has 1 atom stereocenters. The summed E-state index contributed by atoms with van der Waals surface area (Å²) in [5.41, 5.74) is 2.43. The molecule has 96 valence electrons. The zero-order chi connectivity index (χ0) is 12.3. The first-order valence-corrected chi connectivity index (χ1v) is 6.82. The highest BCUT2D eigenvalue weighted by Crippen LogP contribution is 2.30. The van der Waals surface area contributed by atoms with Crippen LogP contribution in [0.4, 0.5) is 11.5 Å². The quantitative estimate of drug-likeness (QED) is 0.844. The van der Waals surface area contributed by atoms with E-state index in [0.717, 1.165) is 19.4 Å². The number of hydrogen-bond acceptors (Lipinski definition) is 3. The maximum Gasteiger partial charge on any atom is 0.148 e. The number of anilines is 2. The van der Waals surface area contributed by atoms with Crippen LogP contribution in [0.25, 0.3) is 0 Å². The smallest absolute Gasteiger partial charge is 0.148 e. The van der Waals surface area contributed by atoms with Gasteiger partial charge < -0.3 is 10.6 Å². The van der Waals surface area contributed by atoms with Crippen molar-refractivity contribution in [3.63, 3.8) is 0 Å². The fraction of sp³-hybridized carbons (Fsp3) is 0.769. The van der Waals surface area contributed by atoms with E-state index in [-0.39, 0.29) is 0 Å². The summed E-state index contributed by atoms with van der Waals surface area (Å²) in [5.74, 6) is 1.17. The highest BCUT2D eigenvalue weighted by Gasteiger charge is 2.21. The lowest BCUT2D eigenvalue weighted by molar-refractivity contribution is 0.604. The molecule has 0 aromatic carbocycles. The van der Waals surface area contributed by atoms with E-state index in [0.29, 0.717) is 6.04 Å². The Morgan fingerprint density at radius 3 is 2.88 bits per heavy atom. The number of hydrogen-bond donors (Lipinski definition) is 2. The van der Waals surface area contributed by atoms with Crippen molar-refractivity contribution in [2.45, 2.75) is 52.0 Å². The van der Waals surface area contributed by atoms with E-state index in [4.69, 9.17) is 0 Å². The molecule has 0 spiro atoms. The van der Waals surface area contributed by atoms with Gasteiger partial charge in [0.1, 0.15) is 11.5 Å². The van der Waals surface area contributed by atoms with Gasteiger partial charge in [0, 0.05) is 19.6 Å². The van der Waals surface area contributed by atoms with Gasteiger partial charge in [0.2, 0.25) is 0 Å². The van der Waals surface area contributed by atoms with Gasteiger partial charge in [-0.05, 0) is 19.3 Å². The van der Waals surface area contributed by atoms with Crippen LogP contribution in [0.1, 0.15) is 45.2 Å². The Bertz CT molecular complexity index is 370. The standard InChI is InChI=1S/C13H24N4/c1-4-6-10-8-9-14-12-11(7-5-2)16-17(3)13(12)15-10/h10,14-15H,4-9H2,1-3H3. The minimum Gasteiger partial charge on any atom is -0.380 e. The predicted molar refractivity (Wildman–Crippen MR) is 72.6 cm³/mol. The summed E-state index contributed by atoms with van der Waals surface area (Å²) < 4.78 is 1.99. The molecule has 2 heterocycles. The van der Waals surface area contributed by atoms with Crippen molar-refractivity contribution < 1.29 is 0 Å². The Morgan fingerprint density at radius 1 is 1.35 bits per heavy atom. The Kier molecular flexibility index (Phi) is 3.92. The maximum atomic E-state index is 4.61. The van der Waals surface area contributed by atoms with E-state index in [9.17, 15) is 0 Å². The molecule has 4 nitrogen and oxygen atoms in total. The minimum absolute atomic E-state index is 0.582. The summed E-state index contributed by atoms with van der Waals surface area (Å²) in [7, 11) is 2.03. The van der Waals surface area contributed by atoms with Crippen LogP contribution in [0.5, 0.6) is 0 Å². The van der Waals surface area contributed by atoms with Crippen molar-refractivity contribution in [1.82, 2.24) is 9.78 Å². The van der Waals surface area contributed by atoms with Crippen molar-refractivity contribution in [2.75, 3.05) is 17.2 Å². The Labute approximate surface area is 104 Å². The summed E-state index contributed by atoms with van der Waals surface area (Å²) in [4.78, 5) is 0. The van der Waals surface area contributed by atoms with Crippen molar-refractivity contribution in [2.24, 2.45) is 7.05 Å². The van der Waals surface area contributed by atoms with Gasteiger partial charge in [-0.2, -0.15) is 5.10 Å². The van der Waals surface area contributed by atoms with Crippen LogP contribution in [0.2, 0.25) is 0 Å². The summed E-state index contributed by atoms with van der Waals surface area (Å²) in [6.07, 6.45) is 5.84. The van der Waals surface area contributed by atoms with Crippen molar-refractivity contribution >= 4 is 11.5 Å². The van der Waals surface area contributed by atoms with Gasteiger partial charge in [0.15, 0.2) is 0 Å². The van der Waals surface area contributed by atoms with Crippen LogP contribution in [-0.2, 0) is 13.5 Å². The third-order valence-corrected chi connectivity index (χ3v) is 3.38. The first-order chi connectivity index (χ1) is 8.26. The van der Waals surface area contributed by atoms with E-state index in [1.807, 2.05) is 11.7 Å². The lowest BCUT2D eigenvalue weighted by Crippen LogP contribution is -2.21. The number of aryl methyl sites for hydroxylation is 2. The zero-order valence-electron chi connectivity index (χ0n) is 11.2. The van der Waals surface area contributed by atoms with Crippen molar-refractivity contribution in [1.29, 1.82) is 0 Å². The summed E-state index contributed by atoms with van der Waals surface area (Å²) in [5, 5.41) is 11.8. The Balaban J connectivity index is 2.23. The molecule has 1 aromatic heterocycles. The van der Waals surface area contributed by atoms with Gasteiger partial charge in [-0.3, -0.25) is 4.68 Å². The number of nitrogens with one attached hydrogen (secondary N) is 2. The molecule has 0 saturated heterocycles. The maximum absolute atomic E-state index is 4.61. The molecule has 0 radical (unpaired) electrons. The van der Waals surface area contributed by atoms with E-state index < -0.39 is 0 Å². The van der Waals surface area contributed by atoms with E-state index >= 15 is 0 Å². The summed E-state index contributed by atoms with van der Waals surface area (Å²) in [6, 6.07) is 0.582. The van der Waals surface area contributed by atoms with E-state index in [1.165, 1.54) is 36.5 Å². The number of nitrogens with zero attached hydrogens (tertiary/aromatic N) is 2. The second-order valence-corrected chi connectivity index (χ2v) is 4.89. The average molecular weight is 236 g/mol. The van der Waals surface area contributed by atoms with Gasteiger partial charge in [0.05, 0.1) is 5.69 Å². The van der Waals surface area contributed by atoms with Crippen molar-refractivity contribution in [3.8, 4) is 0 Å². The molecule has 2 N–H and O–H groups in total. The van der Waals surface area contributed by atoms with Crippen LogP contribution in [0, 0.1) is 0 Å². The highest BCUT2D eigenvalue weighted by atomic mass is 15.3. The van der Waals surface area contributed by atoms with E-state index in [2.05, 4.69) is 29.6 Å². The van der Waals surface area contributed by atoms with Crippen LogP contribution in [0.3, 0.4) is 0 Å². The molecule has 1 aliphatic rings. The molecular weight excluding hydrogens is 212 g/mol. The number of aromatic nitrogens is 2. The molecule has 2 rings (SSSR count). The topological polar surface area (TPSA) is 41.9 Å². The number of fused-ring (bicyclic) bond motifs is 1. The second kappa shape index (κ2) is 5.43. The molecule has 0 fully saturated rings. The van der Waals surface area contributed by atoms with Crippen LogP contribution in [-0.4, -0.2) is 22.4 Å². The fourth-order valence-electron chi connectivity index (χ4n) is 2.54. The van der Waals surface area contributed by atoms with Crippen LogP contribution in [0.15, 0.2) is 0 Å². The molecular formula is C13H24N4. The molecule has 0 aliphatic carbocycles. The number of rotatable bonds is 4. The van der Waals surface area contributed by atoms with Gasteiger partial charge in [-0.1, -0.05) is 26.7 Å². The largest absolute Gasteiger partial charge is 0.380 e. The van der Waals surface area contributed by atoms with Gasteiger partial charge in [-0.15, -0.1) is 0 Å². The van der Waals surface area contributed by atoms with Crippen LogP contribution >= 0.6 is 0 Å². The average Bonchev–Trinajstić information content (AvgIpc) is 2.51. The third-order valence-electron chi connectivity index (χ3n) is 3.38. The summed E-state index contributed by atoms with van der Waals surface area (Å²) >= 11 is 0. The lowest BCUT2D eigenvalue weighted by atomic mass is 10.1. The lowest BCUT2D eigenvalue weighted by Gasteiger charge is -2.16. The highest BCUT2D eigenvalue weighted by molar-refractivity contribution is 5.69. The van der Waals surface area contributed by atoms with Gasteiger partial charge in [0.25, 0.3) is 0 Å².